The summed E-state index contributed by atoms with van der Waals surface area (Å²) in [6, 6.07) is 8.99. The maximum Gasteiger partial charge on any atom is 0.0414 e. The molecule has 1 atom stereocenters. The van der Waals surface area contributed by atoms with E-state index in [1.807, 2.05) is 0 Å². The highest BCUT2D eigenvalue weighted by molar-refractivity contribution is 5.48. The SMILES string of the molecule is Cc1cccc(N(C)C(CN)CC(C)(C)C)c1. The lowest BCUT2D eigenvalue weighted by Gasteiger charge is -2.34. The Hall–Kier alpha value is -1.02. The lowest BCUT2D eigenvalue weighted by molar-refractivity contribution is 0.336. The van der Waals surface area contributed by atoms with Crippen molar-refractivity contribution < 1.29 is 0 Å². The highest BCUT2D eigenvalue weighted by Gasteiger charge is 2.21. The van der Waals surface area contributed by atoms with Crippen molar-refractivity contribution in [1.29, 1.82) is 0 Å². The van der Waals surface area contributed by atoms with E-state index in [2.05, 4.69) is 63.9 Å². The van der Waals surface area contributed by atoms with E-state index in [9.17, 15) is 0 Å². The molecular formula is C15H26N2. The number of aryl methyl sites for hydroxylation is 1. The Kier molecular flexibility index (Phi) is 4.58. The Morgan fingerprint density at radius 1 is 1.29 bits per heavy atom. The fourth-order valence-corrected chi connectivity index (χ4v) is 2.14. The van der Waals surface area contributed by atoms with E-state index in [4.69, 9.17) is 5.73 Å². The predicted molar refractivity (Wildman–Crippen MR) is 76.5 cm³/mol. The van der Waals surface area contributed by atoms with E-state index in [-0.39, 0.29) is 0 Å². The summed E-state index contributed by atoms with van der Waals surface area (Å²) in [5.74, 6) is 0. The summed E-state index contributed by atoms with van der Waals surface area (Å²) < 4.78 is 0. The van der Waals surface area contributed by atoms with Crippen LogP contribution in [-0.2, 0) is 0 Å². The van der Waals surface area contributed by atoms with Gasteiger partial charge in [0, 0.05) is 25.3 Å². The molecule has 0 aliphatic heterocycles. The van der Waals surface area contributed by atoms with Gasteiger partial charge in [-0.1, -0.05) is 32.9 Å². The molecule has 0 saturated heterocycles. The zero-order valence-electron chi connectivity index (χ0n) is 11.8. The summed E-state index contributed by atoms with van der Waals surface area (Å²) >= 11 is 0. The van der Waals surface area contributed by atoms with Crippen LogP contribution in [0.5, 0.6) is 0 Å². The van der Waals surface area contributed by atoms with Crippen LogP contribution in [-0.4, -0.2) is 19.6 Å². The Balaban J connectivity index is 2.82. The first-order valence-corrected chi connectivity index (χ1v) is 6.33. The fraction of sp³-hybridized carbons (Fsp3) is 0.600. The number of nitrogens with two attached hydrogens (primary N) is 1. The first-order chi connectivity index (χ1) is 7.83. The van der Waals surface area contributed by atoms with Gasteiger partial charge in [0.25, 0.3) is 0 Å². The van der Waals surface area contributed by atoms with Gasteiger partial charge in [-0.2, -0.15) is 0 Å². The van der Waals surface area contributed by atoms with Crippen molar-refractivity contribution in [1.82, 2.24) is 0 Å². The molecule has 0 amide bonds. The molecule has 0 bridgehead atoms. The highest BCUT2D eigenvalue weighted by Crippen LogP contribution is 2.25. The number of benzene rings is 1. The number of anilines is 1. The van der Waals surface area contributed by atoms with Crippen LogP contribution >= 0.6 is 0 Å². The van der Waals surface area contributed by atoms with Crippen LogP contribution in [0, 0.1) is 12.3 Å². The first-order valence-electron chi connectivity index (χ1n) is 6.33. The van der Waals surface area contributed by atoms with Crippen molar-refractivity contribution in [3.63, 3.8) is 0 Å². The van der Waals surface area contributed by atoms with E-state index in [1.54, 1.807) is 0 Å². The fourth-order valence-electron chi connectivity index (χ4n) is 2.14. The normalized spacial score (nSPS) is 13.5. The quantitative estimate of drug-likeness (QED) is 0.867. The van der Waals surface area contributed by atoms with Gasteiger partial charge in [0.05, 0.1) is 0 Å². The maximum atomic E-state index is 5.91. The molecule has 1 aromatic carbocycles. The van der Waals surface area contributed by atoms with Crippen molar-refractivity contribution in [2.45, 2.75) is 40.2 Å². The summed E-state index contributed by atoms with van der Waals surface area (Å²) in [4.78, 5) is 2.30. The van der Waals surface area contributed by atoms with Gasteiger partial charge < -0.3 is 10.6 Å². The standard InChI is InChI=1S/C15H26N2/c1-12-7-6-8-13(9-12)17(5)14(11-16)10-15(2,3)4/h6-9,14H,10-11,16H2,1-5H3. The highest BCUT2D eigenvalue weighted by atomic mass is 15.1. The molecule has 0 heterocycles. The second-order valence-electron chi connectivity index (χ2n) is 6.10. The Labute approximate surface area is 106 Å². The van der Waals surface area contributed by atoms with E-state index in [1.165, 1.54) is 11.3 Å². The van der Waals surface area contributed by atoms with Gasteiger partial charge in [0.1, 0.15) is 0 Å². The number of rotatable bonds is 4. The summed E-state index contributed by atoms with van der Waals surface area (Å²) in [6.07, 6.45) is 1.11. The van der Waals surface area contributed by atoms with Crippen LogP contribution in [0.2, 0.25) is 0 Å². The lowest BCUT2D eigenvalue weighted by Crippen LogP contribution is -2.40. The third-order valence-corrected chi connectivity index (χ3v) is 3.08. The van der Waals surface area contributed by atoms with Gasteiger partial charge in [0.15, 0.2) is 0 Å². The van der Waals surface area contributed by atoms with E-state index >= 15 is 0 Å². The van der Waals surface area contributed by atoms with Crippen LogP contribution in [0.15, 0.2) is 24.3 Å². The van der Waals surface area contributed by atoms with Gasteiger partial charge in [-0.05, 0) is 36.5 Å². The zero-order chi connectivity index (χ0) is 13.1. The van der Waals surface area contributed by atoms with Crippen molar-refractivity contribution in [3.8, 4) is 0 Å². The number of hydrogen-bond donors (Lipinski definition) is 1. The van der Waals surface area contributed by atoms with Crippen LogP contribution in [0.25, 0.3) is 0 Å². The van der Waals surface area contributed by atoms with E-state index in [0.717, 1.165) is 6.42 Å². The van der Waals surface area contributed by atoms with Crippen molar-refractivity contribution in [3.05, 3.63) is 29.8 Å². The molecule has 1 aromatic rings. The molecule has 0 spiro atoms. The van der Waals surface area contributed by atoms with Gasteiger partial charge >= 0.3 is 0 Å². The molecule has 0 aliphatic rings. The van der Waals surface area contributed by atoms with Gasteiger partial charge in [-0.3, -0.25) is 0 Å². The van der Waals surface area contributed by atoms with Gasteiger partial charge in [-0.25, -0.2) is 0 Å². The largest absolute Gasteiger partial charge is 0.370 e. The molecule has 0 saturated carbocycles. The molecule has 2 N–H and O–H groups in total. The third-order valence-electron chi connectivity index (χ3n) is 3.08. The first kappa shape index (κ1) is 14.0. The van der Waals surface area contributed by atoms with Crippen LogP contribution < -0.4 is 10.6 Å². The summed E-state index contributed by atoms with van der Waals surface area (Å²) in [6.45, 7) is 9.61. The summed E-state index contributed by atoms with van der Waals surface area (Å²) in [5.41, 5.74) is 8.77. The lowest BCUT2D eigenvalue weighted by atomic mass is 9.87. The monoisotopic (exact) mass is 234 g/mol. The smallest absolute Gasteiger partial charge is 0.0414 e. The average molecular weight is 234 g/mol. The van der Waals surface area contributed by atoms with Crippen LogP contribution in [0.1, 0.15) is 32.8 Å². The van der Waals surface area contributed by atoms with E-state index in [0.29, 0.717) is 18.0 Å². The van der Waals surface area contributed by atoms with Crippen molar-refractivity contribution in [2.24, 2.45) is 11.1 Å². The van der Waals surface area contributed by atoms with Crippen LogP contribution in [0.4, 0.5) is 5.69 Å². The van der Waals surface area contributed by atoms with E-state index < -0.39 is 0 Å². The molecule has 0 aromatic heterocycles. The predicted octanol–water partition coefficient (Wildman–Crippen LogP) is 3.19. The molecule has 2 heteroatoms. The van der Waals surface area contributed by atoms with Crippen molar-refractivity contribution >= 4 is 5.69 Å². The molecule has 0 radical (unpaired) electrons. The zero-order valence-corrected chi connectivity index (χ0v) is 11.8. The molecule has 1 unspecified atom stereocenters. The minimum absolute atomic E-state index is 0.308. The van der Waals surface area contributed by atoms with Gasteiger partial charge in [0.2, 0.25) is 0 Å². The number of likely N-dealkylation sites (N-methyl/N-ethyl adjacent to an activating group) is 1. The second kappa shape index (κ2) is 5.54. The molecule has 0 aliphatic carbocycles. The van der Waals surface area contributed by atoms with Gasteiger partial charge in [-0.15, -0.1) is 0 Å². The number of nitrogens with zero attached hydrogens (tertiary/aromatic N) is 1. The molecular weight excluding hydrogens is 208 g/mol. The average Bonchev–Trinajstić information content (AvgIpc) is 2.23. The molecule has 1 rings (SSSR count). The minimum Gasteiger partial charge on any atom is -0.370 e. The Bertz CT molecular complexity index is 352. The summed E-state index contributed by atoms with van der Waals surface area (Å²) in [5, 5.41) is 0. The van der Waals surface area contributed by atoms with Crippen LogP contribution in [0.3, 0.4) is 0 Å². The second-order valence-corrected chi connectivity index (χ2v) is 6.10. The molecule has 2 nitrogen and oxygen atoms in total. The molecule has 17 heavy (non-hydrogen) atoms. The Morgan fingerprint density at radius 3 is 2.41 bits per heavy atom. The number of hydrogen-bond acceptors (Lipinski definition) is 2. The minimum atomic E-state index is 0.308. The molecule has 96 valence electrons. The summed E-state index contributed by atoms with van der Waals surface area (Å²) in [7, 11) is 2.14. The topological polar surface area (TPSA) is 29.3 Å². The van der Waals surface area contributed by atoms with Crippen molar-refractivity contribution in [2.75, 3.05) is 18.5 Å². The maximum absolute atomic E-state index is 5.91. The Morgan fingerprint density at radius 2 is 1.94 bits per heavy atom. The molecule has 0 fully saturated rings. The third kappa shape index (κ3) is 4.39.